The van der Waals surface area contributed by atoms with E-state index in [9.17, 15) is 0 Å². The molecule has 0 saturated heterocycles. The third-order valence-corrected chi connectivity index (χ3v) is 4.60. The minimum Gasteiger partial charge on any atom is -0.354 e. The van der Waals surface area contributed by atoms with Crippen LogP contribution in [0.3, 0.4) is 0 Å². The zero-order chi connectivity index (χ0) is 17.2. The van der Waals surface area contributed by atoms with Crippen LogP contribution >= 0.6 is 0 Å². The quantitative estimate of drug-likeness (QED) is 0.663. The van der Waals surface area contributed by atoms with Crippen LogP contribution in [0.25, 0.3) is 22.2 Å². The normalized spacial score (nSPS) is 12.0. The minimum absolute atomic E-state index is 0.147. The number of H-pyrrole nitrogens is 1. The molecule has 0 aliphatic heterocycles. The van der Waals surface area contributed by atoms with E-state index in [1.807, 2.05) is 18.5 Å². The Labute approximate surface area is 144 Å². The van der Waals surface area contributed by atoms with E-state index in [0.717, 1.165) is 31.4 Å². The molecule has 3 N–H and O–H groups in total. The van der Waals surface area contributed by atoms with Crippen LogP contribution in [0.5, 0.6) is 0 Å². The third kappa shape index (κ3) is 3.36. The molecular weight excluding hydrogens is 294 g/mol. The molecule has 0 saturated carbocycles. The zero-order valence-corrected chi connectivity index (χ0v) is 14.9. The van der Waals surface area contributed by atoms with Gasteiger partial charge in [0.2, 0.25) is 0 Å². The van der Waals surface area contributed by atoms with Crippen LogP contribution in [0, 0.1) is 0 Å². The lowest BCUT2D eigenvalue weighted by atomic mass is 9.86. The van der Waals surface area contributed by atoms with Gasteiger partial charge in [0.1, 0.15) is 0 Å². The number of unbranched alkanes of at least 4 members (excludes halogenated alkanes) is 1. The van der Waals surface area contributed by atoms with E-state index in [-0.39, 0.29) is 5.41 Å². The highest BCUT2D eigenvalue weighted by Crippen LogP contribution is 2.34. The number of nitrogens with one attached hydrogen (secondary N) is 1. The summed E-state index contributed by atoms with van der Waals surface area (Å²) in [5, 5.41) is 1.33. The number of hydrogen-bond donors (Lipinski definition) is 2. The molecule has 0 atom stereocenters. The van der Waals surface area contributed by atoms with Gasteiger partial charge in [-0.3, -0.25) is 4.98 Å². The molecule has 0 amide bonds. The Hall–Kier alpha value is -2.13. The highest BCUT2D eigenvalue weighted by Gasteiger charge is 2.18. The number of pyridine rings is 1. The third-order valence-electron chi connectivity index (χ3n) is 4.60. The van der Waals surface area contributed by atoms with Gasteiger partial charge in [-0.1, -0.05) is 26.8 Å². The molecule has 2 aromatic heterocycles. The van der Waals surface area contributed by atoms with Crippen LogP contribution in [0.1, 0.15) is 44.7 Å². The SMILES string of the molecule is CC(C)(C)c1ccc2[nH]c(-c3cccnc3)c(CCCCN)c2c1. The first kappa shape index (κ1) is 16.7. The van der Waals surface area contributed by atoms with Crippen LogP contribution in [-0.4, -0.2) is 16.5 Å². The Bertz CT molecular complexity index is 810. The van der Waals surface area contributed by atoms with Crippen molar-refractivity contribution in [1.82, 2.24) is 9.97 Å². The molecule has 3 rings (SSSR count). The standard InChI is InChI=1S/C21H27N3/c1-21(2,3)16-9-10-19-18(13-16)17(8-4-5-11-22)20(24-19)15-7-6-12-23-14-15/h6-7,9-10,12-14,24H,4-5,8,11,22H2,1-3H3. The van der Waals surface area contributed by atoms with E-state index in [1.165, 1.54) is 27.7 Å². The van der Waals surface area contributed by atoms with Gasteiger partial charge in [0.05, 0.1) is 5.69 Å². The second-order valence-corrected chi connectivity index (χ2v) is 7.48. The van der Waals surface area contributed by atoms with Crippen LogP contribution in [0.2, 0.25) is 0 Å². The van der Waals surface area contributed by atoms with Crippen molar-refractivity contribution in [2.45, 2.75) is 45.4 Å². The predicted octanol–water partition coefficient (Wildman–Crippen LogP) is 4.81. The van der Waals surface area contributed by atoms with Gasteiger partial charge in [0.15, 0.2) is 0 Å². The van der Waals surface area contributed by atoms with Crippen molar-refractivity contribution in [3.63, 3.8) is 0 Å². The van der Waals surface area contributed by atoms with Gasteiger partial charge in [0.25, 0.3) is 0 Å². The molecule has 0 unspecified atom stereocenters. The Morgan fingerprint density at radius 2 is 1.96 bits per heavy atom. The fraction of sp³-hybridized carbons (Fsp3) is 0.381. The van der Waals surface area contributed by atoms with Gasteiger partial charge in [0, 0.05) is 28.9 Å². The number of fused-ring (bicyclic) bond motifs is 1. The van der Waals surface area contributed by atoms with Crippen LogP contribution < -0.4 is 5.73 Å². The van der Waals surface area contributed by atoms with Gasteiger partial charge < -0.3 is 10.7 Å². The largest absolute Gasteiger partial charge is 0.354 e. The van der Waals surface area contributed by atoms with Crippen molar-refractivity contribution in [2.75, 3.05) is 6.54 Å². The van der Waals surface area contributed by atoms with Crippen molar-refractivity contribution in [1.29, 1.82) is 0 Å². The van der Waals surface area contributed by atoms with E-state index in [0.29, 0.717) is 0 Å². The Morgan fingerprint density at radius 3 is 2.62 bits per heavy atom. The van der Waals surface area contributed by atoms with Crippen molar-refractivity contribution in [3.05, 3.63) is 53.9 Å². The number of nitrogens with two attached hydrogens (primary N) is 1. The van der Waals surface area contributed by atoms with E-state index < -0.39 is 0 Å². The first-order chi connectivity index (χ1) is 11.5. The monoisotopic (exact) mass is 321 g/mol. The molecule has 3 nitrogen and oxygen atoms in total. The molecule has 0 bridgehead atoms. The molecule has 0 aliphatic rings. The average molecular weight is 321 g/mol. The first-order valence-corrected chi connectivity index (χ1v) is 8.76. The summed E-state index contributed by atoms with van der Waals surface area (Å²) in [6.45, 7) is 7.53. The van der Waals surface area contributed by atoms with Crippen LogP contribution in [-0.2, 0) is 11.8 Å². The Balaban J connectivity index is 2.14. The first-order valence-electron chi connectivity index (χ1n) is 8.76. The van der Waals surface area contributed by atoms with E-state index >= 15 is 0 Å². The molecule has 126 valence electrons. The van der Waals surface area contributed by atoms with Crippen LogP contribution in [0.4, 0.5) is 0 Å². The van der Waals surface area contributed by atoms with Gasteiger partial charge >= 0.3 is 0 Å². The van der Waals surface area contributed by atoms with Gasteiger partial charge in [-0.05, 0) is 66.6 Å². The van der Waals surface area contributed by atoms with Gasteiger partial charge in [-0.15, -0.1) is 0 Å². The lowest BCUT2D eigenvalue weighted by molar-refractivity contribution is 0.591. The van der Waals surface area contributed by atoms with Gasteiger partial charge in [-0.2, -0.15) is 0 Å². The molecule has 3 heteroatoms. The number of benzene rings is 1. The number of hydrogen-bond acceptors (Lipinski definition) is 2. The summed E-state index contributed by atoms with van der Waals surface area (Å²) in [4.78, 5) is 7.90. The van der Waals surface area contributed by atoms with Crippen molar-refractivity contribution >= 4 is 10.9 Å². The molecule has 0 aliphatic carbocycles. The second-order valence-electron chi connectivity index (χ2n) is 7.48. The summed E-state index contributed by atoms with van der Waals surface area (Å²) < 4.78 is 0. The number of aromatic nitrogens is 2. The molecule has 2 heterocycles. The maximum atomic E-state index is 5.69. The number of aryl methyl sites for hydroxylation is 1. The van der Waals surface area contributed by atoms with Crippen LogP contribution in [0.15, 0.2) is 42.7 Å². The summed E-state index contributed by atoms with van der Waals surface area (Å²) in [5.41, 5.74) is 12.1. The number of rotatable bonds is 5. The Kier molecular flexibility index (Phi) is 4.72. The summed E-state index contributed by atoms with van der Waals surface area (Å²) in [5.74, 6) is 0. The van der Waals surface area contributed by atoms with E-state index in [4.69, 9.17) is 5.73 Å². The van der Waals surface area contributed by atoms with Crippen molar-refractivity contribution in [2.24, 2.45) is 5.73 Å². The van der Waals surface area contributed by atoms with Gasteiger partial charge in [-0.25, -0.2) is 0 Å². The fourth-order valence-corrected chi connectivity index (χ4v) is 3.18. The minimum atomic E-state index is 0.147. The predicted molar refractivity (Wildman–Crippen MR) is 102 cm³/mol. The molecule has 24 heavy (non-hydrogen) atoms. The highest BCUT2D eigenvalue weighted by atomic mass is 14.7. The highest BCUT2D eigenvalue weighted by molar-refractivity contribution is 5.91. The lowest BCUT2D eigenvalue weighted by Gasteiger charge is -2.19. The maximum absolute atomic E-state index is 5.69. The summed E-state index contributed by atoms with van der Waals surface area (Å²) in [7, 11) is 0. The zero-order valence-electron chi connectivity index (χ0n) is 14.9. The average Bonchev–Trinajstić information content (AvgIpc) is 2.93. The summed E-state index contributed by atoms with van der Waals surface area (Å²) in [6.07, 6.45) is 6.95. The fourth-order valence-electron chi connectivity index (χ4n) is 3.18. The molecule has 0 radical (unpaired) electrons. The molecule has 0 fully saturated rings. The Morgan fingerprint density at radius 1 is 1.12 bits per heavy atom. The smallest absolute Gasteiger partial charge is 0.0512 e. The van der Waals surface area contributed by atoms with Crippen molar-refractivity contribution < 1.29 is 0 Å². The molecule has 0 spiro atoms. The second kappa shape index (κ2) is 6.78. The molecule has 3 aromatic rings. The van der Waals surface area contributed by atoms with E-state index in [2.05, 4.69) is 55.0 Å². The van der Waals surface area contributed by atoms with E-state index in [1.54, 1.807) is 0 Å². The topological polar surface area (TPSA) is 54.7 Å². The maximum Gasteiger partial charge on any atom is 0.0512 e. The number of aromatic amines is 1. The lowest BCUT2D eigenvalue weighted by Crippen LogP contribution is -2.10. The number of nitrogens with zero attached hydrogens (tertiary/aromatic N) is 1. The van der Waals surface area contributed by atoms with Crippen molar-refractivity contribution in [3.8, 4) is 11.3 Å². The summed E-state index contributed by atoms with van der Waals surface area (Å²) >= 11 is 0. The molecule has 1 aromatic carbocycles. The molecular formula is C21H27N3. The summed E-state index contributed by atoms with van der Waals surface area (Å²) in [6, 6.07) is 10.9.